The second kappa shape index (κ2) is 3.35. The van der Waals surface area contributed by atoms with Crippen molar-refractivity contribution in [3.63, 3.8) is 0 Å². The molecule has 0 atom stereocenters. The first kappa shape index (κ1) is 10.2. The van der Waals surface area contributed by atoms with Gasteiger partial charge < -0.3 is 4.74 Å². The SMILES string of the molecule is CC1(C)OC(c2ccc(Cl)cc2)=[NH+]C1=O. The Balaban J connectivity index is 2.31. The Hall–Kier alpha value is -1.35. The summed E-state index contributed by atoms with van der Waals surface area (Å²) in [4.78, 5) is 14.2. The van der Waals surface area contributed by atoms with Crippen molar-refractivity contribution in [2.24, 2.45) is 0 Å². The van der Waals surface area contributed by atoms with Crippen LogP contribution < -0.4 is 4.99 Å². The highest BCUT2D eigenvalue weighted by Crippen LogP contribution is 2.15. The fourth-order valence-electron chi connectivity index (χ4n) is 1.31. The molecule has 0 fully saturated rings. The summed E-state index contributed by atoms with van der Waals surface area (Å²) in [5, 5.41) is 0.655. The highest BCUT2D eigenvalue weighted by molar-refractivity contribution is 6.30. The van der Waals surface area contributed by atoms with Gasteiger partial charge in [0.05, 0.1) is 5.56 Å². The summed E-state index contributed by atoms with van der Waals surface area (Å²) >= 11 is 5.77. The number of hydrogen-bond donors (Lipinski definition) is 1. The van der Waals surface area contributed by atoms with Crippen LogP contribution in [-0.2, 0) is 9.53 Å². The van der Waals surface area contributed by atoms with Crippen molar-refractivity contribution in [1.29, 1.82) is 0 Å². The van der Waals surface area contributed by atoms with Crippen LogP contribution in [0.3, 0.4) is 0 Å². The van der Waals surface area contributed by atoms with Gasteiger partial charge in [-0.05, 0) is 38.1 Å². The normalized spacial score (nSPS) is 18.6. The molecular weight excluding hydrogens is 214 g/mol. The summed E-state index contributed by atoms with van der Waals surface area (Å²) in [5.74, 6) is 0.356. The van der Waals surface area contributed by atoms with Crippen LogP contribution in [0.15, 0.2) is 24.3 Å². The molecule has 1 aliphatic rings. The molecule has 1 N–H and O–H groups in total. The second-order valence-electron chi connectivity index (χ2n) is 3.90. The summed E-state index contributed by atoms with van der Waals surface area (Å²) in [6.07, 6.45) is 0. The van der Waals surface area contributed by atoms with E-state index < -0.39 is 5.60 Å². The predicted molar refractivity (Wildman–Crippen MR) is 56.7 cm³/mol. The van der Waals surface area contributed by atoms with Crippen LogP contribution in [0.1, 0.15) is 19.4 Å². The molecule has 0 radical (unpaired) electrons. The molecular formula is C11H11ClNO2+. The molecule has 0 saturated heterocycles. The lowest BCUT2D eigenvalue weighted by Gasteiger charge is -2.09. The minimum atomic E-state index is -0.797. The van der Waals surface area contributed by atoms with Crippen molar-refractivity contribution in [1.82, 2.24) is 0 Å². The molecule has 1 aromatic carbocycles. The zero-order valence-corrected chi connectivity index (χ0v) is 9.26. The first-order chi connectivity index (χ1) is 6.99. The number of ether oxygens (including phenoxy) is 1. The van der Waals surface area contributed by atoms with Crippen molar-refractivity contribution in [2.75, 3.05) is 0 Å². The van der Waals surface area contributed by atoms with Crippen LogP contribution in [0.2, 0.25) is 5.02 Å². The molecule has 78 valence electrons. The summed E-state index contributed by atoms with van der Waals surface area (Å²) in [5.41, 5.74) is 0.0212. The third-order valence-electron chi connectivity index (χ3n) is 2.24. The molecule has 2 rings (SSSR count). The fraction of sp³-hybridized carbons (Fsp3) is 0.273. The van der Waals surface area contributed by atoms with Gasteiger partial charge in [-0.1, -0.05) is 11.6 Å². The Morgan fingerprint density at radius 1 is 1.27 bits per heavy atom. The summed E-state index contributed by atoms with van der Waals surface area (Å²) in [7, 11) is 0. The van der Waals surface area contributed by atoms with E-state index >= 15 is 0 Å². The monoisotopic (exact) mass is 224 g/mol. The van der Waals surface area contributed by atoms with Gasteiger partial charge >= 0.3 is 11.8 Å². The Kier molecular flexibility index (Phi) is 2.27. The van der Waals surface area contributed by atoms with E-state index in [1.54, 1.807) is 38.1 Å². The minimum Gasteiger partial charge on any atom is -0.422 e. The van der Waals surface area contributed by atoms with Crippen molar-refractivity contribution >= 4 is 23.4 Å². The Morgan fingerprint density at radius 2 is 1.87 bits per heavy atom. The minimum absolute atomic E-state index is 0.132. The van der Waals surface area contributed by atoms with E-state index in [0.29, 0.717) is 10.9 Å². The van der Waals surface area contributed by atoms with E-state index in [-0.39, 0.29) is 5.91 Å². The number of carbonyl (C=O) groups excluding carboxylic acids is 1. The molecule has 1 aliphatic heterocycles. The van der Waals surface area contributed by atoms with Crippen LogP contribution in [0, 0.1) is 0 Å². The number of amides is 1. The first-order valence-electron chi connectivity index (χ1n) is 4.62. The molecule has 15 heavy (non-hydrogen) atoms. The topological polar surface area (TPSA) is 40.3 Å². The molecule has 3 nitrogen and oxygen atoms in total. The van der Waals surface area contributed by atoms with E-state index in [4.69, 9.17) is 16.3 Å². The third-order valence-corrected chi connectivity index (χ3v) is 2.49. The van der Waals surface area contributed by atoms with Gasteiger partial charge in [0.15, 0.2) is 0 Å². The van der Waals surface area contributed by atoms with Gasteiger partial charge in [0, 0.05) is 5.02 Å². The van der Waals surface area contributed by atoms with Crippen LogP contribution in [0.4, 0.5) is 0 Å². The van der Waals surface area contributed by atoms with Gasteiger partial charge in [0.2, 0.25) is 5.60 Å². The maximum atomic E-state index is 11.5. The maximum Gasteiger partial charge on any atom is 0.431 e. The highest BCUT2D eigenvalue weighted by Gasteiger charge is 2.44. The standard InChI is InChI=1S/C11H10ClNO2/c1-11(2)10(14)13-9(15-11)7-3-5-8(12)6-4-7/h3-6H,1-2H3/p+1. The van der Waals surface area contributed by atoms with Crippen molar-refractivity contribution < 1.29 is 14.5 Å². The molecule has 0 spiro atoms. The molecule has 0 bridgehead atoms. The van der Waals surface area contributed by atoms with E-state index in [0.717, 1.165) is 5.56 Å². The number of rotatable bonds is 1. The van der Waals surface area contributed by atoms with Gasteiger partial charge in [-0.3, -0.25) is 0 Å². The predicted octanol–water partition coefficient (Wildman–Crippen LogP) is 0.503. The number of carbonyl (C=O) groups is 1. The molecule has 1 amide bonds. The lowest BCUT2D eigenvalue weighted by atomic mass is 10.1. The number of nitrogens with one attached hydrogen (secondary N) is 1. The summed E-state index contributed by atoms with van der Waals surface area (Å²) in [6, 6.07) is 7.12. The molecule has 0 unspecified atom stereocenters. The van der Waals surface area contributed by atoms with E-state index in [9.17, 15) is 4.79 Å². The Bertz CT molecular complexity index is 434. The summed E-state index contributed by atoms with van der Waals surface area (Å²) < 4.78 is 5.50. The zero-order chi connectivity index (χ0) is 11.1. The third kappa shape index (κ3) is 1.88. The lowest BCUT2D eigenvalue weighted by Crippen LogP contribution is -2.76. The maximum absolute atomic E-state index is 11.5. The zero-order valence-electron chi connectivity index (χ0n) is 8.50. The molecule has 0 aliphatic carbocycles. The van der Waals surface area contributed by atoms with E-state index in [1.807, 2.05) is 0 Å². The van der Waals surface area contributed by atoms with Crippen molar-refractivity contribution in [2.45, 2.75) is 19.4 Å². The van der Waals surface area contributed by atoms with Gasteiger partial charge in [0.1, 0.15) is 0 Å². The molecule has 4 heteroatoms. The largest absolute Gasteiger partial charge is 0.431 e. The van der Waals surface area contributed by atoms with Gasteiger partial charge in [0.25, 0.3) is 0 Å². The van der Waals surface area contributed by atoms with Crippen LogP contribution in [-0.4, -0.2) is 17.4 Å². The van der Waals surface area contributed by atoms with E-state index in [2.05, 4.69) is 4.99 Å². The Labute approximate surface area is 92.7 Å². The number of benzene rings is 1. The second-order valence-corrected chi connectivity index (χ2v) is 4.34. The summed E-state index contributed by atoms with van der Waals surface area (Å²) in [6.45, 7) is 3.45. The van der Waals surface area contributed by atoms with Crippen LogP contribution in [0.5, 0.6) is 0 Å². The van der Waals surface area contributed by atoms with Gasteiger partial charge in [-0.25, -0.2) is 4.79 Å². The van der Waals surface area contributed by atoms with Crippen molar-refractivity contribution in [3.05, 3.63) is 34.9 Å². The van der Waals surface area contributed by atoms with Gasteiger partial charge in [-0.15, -0.1) is 4.99 Å². The molecule has 0 saturated carbocycles. The molecule has 1 aromatic rings. The fourth-order valence-corrected chi connectivity index (χ4v) is 1.44. The smallest absolute Gasteiger partial charge is 0.422 e. The van der Waals surface area contributed by atoms with Crippen molar-refractivity contribution in [3.8, 4) is 0 Å². The molecule has 0 aromatic heterocycles. The number of halogens is 1. The molecule has 1 heterocycles. The highest BCUT2D eigenvalue weighted by atomic mass is 35.5. The first-order valence-corrected chi connectivity index (χ1v) is 5.00. The van der Waals surface area contributed by atoms with Crippen LogP contribution >= 0.6 is 11.6 Å². The van der Waals surface area contributed by atoms with Crippen LogP contribution in [0.25, 0.3) is 0 Å². The Morgan fingerprint density at radius 3 is 2.33 bits per heavy atom. The van der Waals surface area contributed by atoms with Gasteiger partial charge in [-0.2, -0.15) is 0 Å². The quantitative estimate of drug-likeness (QED) is 0.755. The van der Waals surface area contributed by atoms with E-state index in [1.165, 1.54) is 0 Å². The average molecular weight is 225 g/mol. The number of hydrogen-bond acceptors (Lipinski definition) is 2. The lowest BCUT2D eigenvalue weighted by molar-refractivity contribution is -0.373. The average Bonchev–Trinajstić information content (AvgIpc) is 2.42.